The topological polar surface area (TPSA) is 40.9 Å². The number of ketones is 1. The zero-order valence-corrected chi connectivity index (χ0v) is 5.97. The average Bonchev–Trinajstić information content (AvgIpc) is 2.05. The third-order valence-electron chi connectivity index (χ3n) is 2.09. The molecular weight excluding hydrogens is 126 g/mol. The second-order valence-corrected chi connectivity index (χ2v) is 2.81. The molecule has 0 radical (unpaired) electrons. The predicted octanol–water partition coefficient (Wildman–Crippen LogP) is 1.66. The summed E-state index contributed by atoms with van der Waals surface area (Å²) >= 11 is 0. The molecule has 2 heteroatoms. The molecule has 0 bridgehead atoms. The Morgan fingerprint density at radius 2 is 1.90 bits per heavy atom. The van der Waals surface area contributed by atoms with Gasteiger partial charge in [0.05, 0.1) is 0 Å². The molecule has 0 N–H and O–H groups in total. The third kappa shape index (κ3) is 1.57. The van der Waals surface area contributed by atoms with Crippen molar-refractivity contribution in [2.24, 2.45) is 5.92 Å². The molecule has 0 aliphatic heterocycles. The number of carbonyl (C=O) groups is 1. The van der Waals surface area contributed by atoms with E-state index < -0.39 is 0 Å². The minimum Gasteiger partial charge on any atom is -0.282 e. The molecule has 0 unspecified atom stereocenters. The van der Waals surface area contributed by atoms with Crippen molar-refractivity contribution in [3.63, 3.8) is 0 Å². The summed E-state index contributed by atoms with van der Waals surface area (Å²) in [6.07, 6.45) is 5.35. The number of carbonyl (C=O) groups excluding carboxylic acids is 1. The molecule has 0 atom stereocenters. The Hall–Kier alpha value is -0.840. The summed E-state index contributed by atoms with van der Waals surface area (Å²) in [5, 5.41) is 8.29. The maximum Gasteiger partial charge on any atom is 0.234 e. The third-order valence-corrected chi connectivity index (χ3v) is 2.09. The van der Waals surface area contributed by atoms with Gasteiger partial charge in [-0.2, -0.15) is 5.26 Å². The molecule has 0 aromatic carbocycles. The first-order valence-electron chi connectivity index (χ1n) is 3.78. The van der Waals surface area contributed by atoms with Gasteiger partial charge in [0.25, 0.3) is 0 Å². The van der Waals surface area contributed by atoms with E-state index in [2.05, 4.69) is 0 Å². The van der Waals surface area contributed by atoms with Gasteiger partial charge in [-0.05, 0) is 12.8 Å². The van der Waals surface area contributed by atoms with Gasteiger partial charge in [-0.15, -0.1) is 0 Å². The molecular formula is C8H11NO. The van der Waals surface area contributed by atoms with Gasteiger partial charge in [0, 0.05) is 5.92 Å². The number of rotatable bonds is 1. The highest BCUT2D eigenvalue weighted by atomic mass is 16.1. The molecule has 2 nitrogen and oxygen atoms in total. The fourth-order valence-electron chi connectivity index (χ4n) is 1.46. The molecule has 0 spiro atoms. The van der Waals surface area contributed by atoms with E-state index in [-0.39, 0.29) is 11.7 Å². The summed E-state index contributed by atoms with van der Waals surface area (Å²) in [7, 11) is 0. The highest BCUT2D eigenvalue weighted by Crippen LogP contribution is 2.23. The van der Waals surface area contributed by atoms with Crippen LogP contribution in [0.15, 0.2) is 0 Å². The molecule has 1 aliphatic carbocycles. The Balaban J connectivity index is 2.40. The number of hydrogen-bond donors (Lipinski definition) is 0. The van der Waals surface area contributed by atoms with Crippen LogP contribution in [0.25, 0.3) is 0 Å². The zero-order chi connectivity index (χ0) is 7.40. The van der Waals surface area contributed by atoms with E-state index in [4.69, 9.17) is 5.26 Å². The summed E-state index contributed by atoms with van der Waals surface area (Å²) < 4.78 is 0. The summed E-state index contributed by atoms with van der Waals surface area (Å²) in [5.41, 5.74) is 0. The van der Waals surface area contributed by atoms with Crippen LogP contribution >= 0.6 is 0 Å². The summed E-state index contributed by atoms with van der Waals surface area (Å²) in [6, 6.07) is 1.70. The van der Waals surface area contributed by atoms with Crippen LogP contribution in [0.5, 0.6) is 0 Å². The lowest BCUT2D eigenvalue weighted by atomic mass is 9.87. The average molecular weight is 137 g/mol. The van der Waals surface area contributed by atoms with Gasteiger partial charge in [-0.1, -0.05) is 19.3 Å². The van der Waals surface area contributed by atoms with E-state index in [1.165, 1.54) is 6.42 Å². The Morgan fingerprint density at radius 1 is 1.30 bits per heavy atom. The van der Waals surface area contributed by atoms with Crippen molar-refractivity contribution in [2.45, 2.75) is 32.1 Å². The van der Waals surface area contributed by atoms with Gasteiger partial charge in [-0.25, -0.2) is 0 Å². The molecule has 0 amide bonds. The van der Waals surface area contributed by atoms with Crippen molar-refractivity contribution in [3.8, 4) is 6.07 Å². The Bertz CT molecular complexity index is 163. The molecule has 0 aromatic heterocycles. The molecule has 54 valence electrons. The van der Waals surface area contributed by atoms with Gasteiger partial charge in [0.1, 0.15) is 6.07 Å². The molecule has 1 aliphatic rings. The van der Waals surface area contributed by atoms with Crippen LogP contribution in [-0.4, -0.2) is 5.78 Å². The maximum absolute atomic E-state index is 10.8. The standard InChI is InChI=1S/C8H11NO/c9-6-8(10)7-4-2-1-3-5-7/h7H,1-5H2. The first-order valence-corrected chi connectivity index (χ1v) is 3.78. The van der Waals surface area contributed by atoms with E-state index in [0.29, 0.717) is 0 Å². The van der Waals surface area contributed by atoms with Gasteiger partial charge in [0.2, 0.25) is 5.78 Å². The van der Waals surface area contributed by atoms with Crippen LogP contribution in [-0.2, 0) is 4.79 Å². The van der Waals surface area contributed by atoms with E-state index >= 15 is 0 Å². The van der Waals surface area contributed by atoms with Crippen molar-refractivity contribution in [2.75, 3.05) is 0 Å². The number of hydrogen-bond acceptors (Lipinski definition) is 2. The second kappa shape index (κ2) is 3.36. The lowest BCUT2D eigenvalue weighted by molar-refractivity contribution is -0.118. The van der Waals surface area contributed by atoms with E-state index in [9.17, 15) is 4.79 Å². The predicted molar refractivity (Wildman–Crippen MR) is 37.2 cm³/mol. The Kier molecular flexibility index (Phi) is 2.44. The number of Topliss-reactive ketones (excluding diaryl/α,β-unsaturated/α-hetero) is 1. The minimum absolute atomic E-state index is 0.0683. The fraction of sp³-hybridized carbons (Fsp3) is 0.750. The Labute approximate surface area is 60.8 Å². The van der Waals surface area contributed by atoms with Crippen molar-refractivity contribution in [3.05, 3.63) is 0 Å². The van der Waals surface area contributed by atoms with Crippen LogP contribution in [0, 0.1) is 17.2 Å². The molecule has 1 saturated carbocycles. The normalized spacial score (nSPS) is 19.9. The van der Waals surface area contributed by atoms with Crippen LogP contribution in [0.2, 0.25) is 0 Å². The highest BCUT2D eigenvalue weighted by molar-refractivity contribution is 5.95. The van der Waals surface area contributed by atoms with E-state index in [0.717, 1.165) is 25.7 Å². The minimum atomic E-state index is -0.209. The summed E-state index contributed by atoms with van der Waals surface area (Å²) in [5.74, 6) is -0.140. The van der Waals surface area contributed by atoms with Gasteiger partial charge >= 0.3 is 0 Å². The van der Waals surface area contributed by atoms with Gasteiger partial charge < -0.3 is 0 Å². The molecule has 1 rings (SSSR count). The zero-order valence-electron chi connectivity index (χ0n) is 5.97. The van der Waals surface area contributed by atoms with Crippen molar-refractivity contribution in [1.82, 2.24) is 0 Å². The van der Waals surface area contributed by atoms with Crippen LogP contribution in [0.4, 0.5) is 0 Å². The maximum atomic E-state index is 10.8. The lowest BCUT2D eigenvalue weighted by Crippen LogP contribution is -2.15. The smallest absolute Gasteiger partial charge is 0.234 e. The van der Waals surface area contributed by atoms with E-state index in [1.807, 2.05) is 0 Å². The number of nitriles is 1. The van der Waals surface area contributed by atoms with E-state index in [1.54, 1.807) is 6.07 Å². The van der Waals surface area contributed by atoms with Crippen molar-refractivity contribution < 1.29 is 4.79 Å². The summed E-state index contributed by atoms with van der Waals surface area (Å²) in [4.78, 5) is 10.8. The van der Waals surface area contributed by atoms with Crippen LogP contribution in [0.3, 0.4) is 0 Å². The molecule has 10 heavy (non-hydrogen) atoms. The highest BCUT2D eigenvalue weighted by Gasteiger charge is 2.19. The summed E-state index contributed by atoms with van der Waals surface area (Å²) in [6.45, 7) is 0. The molecule has 1 fully saturated rings. The van der Waals surface area contributed by atoms with Crippen molar-refractivity contribution in [1.29, 1.82) is 5.26 Å². The lowest BCUT2D eigenvalue weighted by Gasteiger charge is -2.16. The van der Waals surface area contributed by atoms with Gasteiger partial charge in [0.15, 0.2) is 0 Å². The van der Waals surface area contributed by atoms with Gasteiger partial charge in [-0.3, -0.25) is 4.79 Å². The molecule has 0 saturated heterocycles. The molecule has 0 aromatic rings. The fourth-order valence-corrected chi connectivity index (χ4v) is 1.46. The Morgan fingerprint density at radius 3 is 2.40 bits per heavy atom. The largest absolute Gasteiger partial charge is 0.282 e. The second-order valence-electron chi connectivity index (χ2n) is 2.81. The monoisotopic (exact) mass is 137 g/mol. The first-order chi connectivity index (χ1) is 4.84. The quantitative estimate of drug-likeness (QED) is 0.516. The first kappa shape index (κ1) is 7.27. The molecule has 0 heterocycles. The SMILES string of the molecule is N#CC(=O)C1CCCCC1. The van der Waals surface area contributed by atoms with Crippen LogP contribution < -0.4 is 0 Å². The van der Waals surface area contributed by atoms with Crippen LogP contribution in [0.1, 0.15) is 32.1 Å². The number of nitrogens with zero attached hydrogens (tertiary/aromatic N) is 1. The van der Waals surface area contributed by atoms with Crippen molar-refractivity contribution >= 4 is 5.78 Å².